The van der Waals surface area contributed by atoms with E-state index in [0.717, 1.165) is 28.2 Å². The van der Waals surface area contributed by atoms with E-state index in [2.05, 4.69) is 5.32 Å². The topological polar surface area (TPSA) is 60.7 Å². The molecule has 0 aliphatic rings. The lowest BCUT2D eigenvalue weighted by molar-refractivity contribution is 0.0924. The normalized spacial score (nSPS) is 10.4. The van der Waals surface area contributed by atoms with Crippen molar-refractivity contribution in [2.45, 2.75) is 13.5 Å². The Morgan fingerprint density at radius 2 is 1.77 bits per heavy atom. The van der Waals surface area contributed by atoms with Gasteiger partial charge in [0.25, 0.3) is 5.91 Å². The number of amides is 1. The van der Waals surface area contributed by atoms with E-state index in [1.807, 2.05) is 49.4 Å². The summed E-state index contributed by atoms with van der Waals surface area (Å²) >= 11 is 0. The van der Waals surface area contributed by atoms with Gasteiger partial charge in [-0.1, -0.05) is 12.1 Å². The van der Waals surface area contributed by atoms with E-state index in [-0.39, 0.29) is 11.7 Å². The second-order valence-electron chi connectivity index (χ2n) is 5.88. The first-order chi connectivity index (χ1) is 12.6. The Balaban J connectivity index is 1.70. The summed E-state index contributed by atoms with van der Waals surface area (Å²) in [6.07, 6.45) is 0. The maximum absolute atomic E-state index is 12.3. The Bertz CT molecular complexity index is 914. The zero-order valence-corrected chi connectivity index (χ0v) is 15.0. The summed E-state index contributed by atoms with van der Waals surface area (Å²) in [5.74, 6) is 2.21. The van der Waals surface area contributed by atoms with E-state index in [1.54, 1.807) is 26.4 Å². The van der Waals surface area contributed by atoms with Crippen LogP contribution in [0.15, 0.2) is 59.0 Å². The highest BCUT2D eigenvalue weighted by Gasteiger charge is 2.13. The van der Waals surface area contributed by atoms with E-state index in [9.17, 15) is 4.79 Å². The molecule has 1 heterocycles. The zero-order valence-electron chi connectivity index (χ0n) is 15.0. The fourth-order valence-corrected chi connectivity index (χ4v) is 2.70. The van der Waals surface area contributed by atoms with Crippen molar-refractivity contribution in [2.75, 3.05) is 14.2 Å². The smallest absolute Gasteiger partial charge is 0.287 e. The quantitative estimate of drug-likeness (QED) is 0.723. The Labute approximate surface area is 152 Å². The van der Waals surface area contributed by atoms with Crippen LogP contribution in [0.4, 0.5) is 0 Å². The fourth-order valence-electron chi connectivity index (χ4n) is 2.70. The number of hydrogen-bond donors (Lipinski definition) is 1. The fraction of sp³-hybridized carbons (Fsp3) is 0.190. The summed E-state index contributed by atoms with van der Waals surface area (Å²) in [6.45, 7) is 2.37. The Kier molecular flexibility index (Phi) is 5.27. The number of carbonyl (C=O) groups excluding carboxylic acids is 1. The van der Waals surface area contributed by atoms with Crippen molar-refractivity contribution < 1.29 is 18.7 Å². The summed E-state index contributed by atoms with van der Waals surface area (Å²) < 4.78 is 16.1. The lowest BCUT2D eigenvalue weighted by Gasteiger charge is -2.07. The zero-order chi connectivity index (χ0) is 18.5. The Hall–Kier alpha value is -3.21. The van der Waals surface area contributed by atoms with Gasteiger partial charge >= 0.3 is 0 Å². The molecule has 3 aromatic rings. The second kappa shape index (κ2) is 7.78. The predicted molar refractivity (Wildman–Crippen MR) is 99.6 cm³/mol. The Morgan fingerprint density at radius 1 is 1.00 bits per heavy atom. The van der Waals surface area contributed by atoms with Crippen molar-refractivity contribution >= 4 is 5.91 Å². The highest BCUT2D eigenvalue weighted by molar-refractivity contribution is 5.92. The van der Waals surface area contributed by atoms with Gasteiger partial charge in [-0.2, -0.15) is 0 Å². The molecule has 1 amide bonds. The minimum absolute atomic E-state index is 0.259. The van der Waals surface area contributed by atoms with Crippen molar-refractivity contribution in [2.24, 2.45) is 0 Å². The second-order valence-corrected chi connectivity index (χ2v) is 5.88. The van der Waals surface area contributed by atoms with Crippen LogP contribution in [-0.4, -0.2) is 20.1 Å². The van der Waals surface area contributed by atoms with Gasteiger partial charge in [-0.25, -0.2) is 0 Å². The predicted octanol–water partition coefficient (Wildman–Crippen LogP) is 4.20. The minimum Gasteiger partial charge on any atom is -0.497 e. The lowest BCUT2D eigenvalue weighted by Crippen LogP contribution is -2.22. The Morgan fingerprint density at radius 3 is 2.50 bits per heavy atom. The molecule has 134 valence electrons. The summed E-state index contributed by atoms with van der Waals surface area (Å²) in [6, 6.07) is 16.8. The summed E-state index contributed by atoms with van der Waals surface area (Å²) in [5, 5.41) is 2.86. The van der Waals surface area contributed by atoms with Crippen molar-refractivity contribution in [3.63, 3.8) is 0 Å². The molecule has 2 aromatic carbocycles. The van der Waals surface area contributed by atoms with Crippen LogP contribution >= 0.6 is 0 Å². The van der Waals surface area contributed by atoms with Crippen molar-refractivity contribution in [3.05, 3.63) is 71.5 Å². The molecule has 0 unspecified atom stereocenters. The monoisotopic (exact) mass is 351 g/mol. The first-order valence-corrected chi connectivity index (χ1v) is 8.26. The van der Waals surface area contributed by atoms with Crippen molar-refractivity contribution in [1.82, 2.24) is 5.32 Å². The third-order valence-electron chi connectivity index (χ3n) is 4.12. The molecule has 0 bridgehead atoms. The highest BCUT2D eigenvalue weighted by Crippen LogP contribution is 2.28. The standard InChI is InChI=1S/C21H21NO4/c1-14-11-17(25-3)7-8-18(14)19-9-10-20(26-19)21(23)22-13-15-5-4-6-16(12-15)24-2/h4-12H,13H2,1-3H3,(H,22,23). The molecule has 0 saturated carbocycles. The number of benzene rings is 2. The molecule has 1 aromatic heterocycles. The van der Waals surface area contributed by atoms with E-state index in [4.69, 9.17) is 13.9 Å². The molecule has 1 N–H and O–H groups in total. The molecule has 0 atom stereocenters. The number of rotatable bonds is 6. The molecule has 0 fully saturated rings. The van der Waals surface area contributed by atoms with Crippen LogP contribution in [-0.2, 0) is 6.54 Å². The first kappa shape index (κ1) is 17.6. The van der Waals surface area contributed by atoms with Gasteiger partial charge in [0.1, 0.15) is 17.3 Å². The lowest BCUT2D eigenvalue weighted by atomic mass is 10.1. The number of furan rings is 1. The van der Waals surface area contributed by atoms with E-state index < -0.39 is 0 Å². The summed E-state index contributed by atoms with van der Waals surface area (Å²) in [4.78, 5) is 12.3. The van der Waals surface area contributed by atoms with E-state index >= 15 is 0 Å². The first-order valence-electron chi connectivity index (χ1n) is 8.26. The maximum Gasteiger partial charge on any atom is 0.287 e. The van der Waals surface area contributed by atoms with Crippen molar-refractivity contribution in [3.8, 4) is 22.8 Å². The molecule has 26 heavy (non-hydrogen) atoms. The number of nitrogens with one attached hydrogen (secondary N) is 1. The molecule has 0 aliphatic carbocycles. The van der Waals surface area contributed by atoms with Crippen molar-refractivity contribution in [1.29, 1.82) is 0 Å². The van der Waals surface area contributed by atoms with E-state index in [1.165, 1.54) is 0 Å². The number of ether oxygens (including phenoxy) is 2. The molecule has 5 heteroatoms. The van der Waals surface area contributed by atoms with Crippen LogP contribution in [0.2, 0.25) is 0 Å². The third-order valence-corrected chi connectivity index (χ3v) is 4.12. The summed E-state index contributed by atoms with van der Waals surface area (Å²) in [5.41, 5.74) is 2.90. The molecule has 3 rings (SSSR count). The van der Waals surface area contributed by atoms with Crippen LogP contribution in [0, 0.1) is 6.92 Å². The van der Waals surface area contributed by atoms with Gasteiger partial charge < -0.3 is 19.2 Å². The van der Waals surface area contributed by atoms with Crippen LogP contribution in [0.1, 0.15) is 21.7 Å². The van der Waals surface area contributed by atoms with Gasteiger partial charge in [0.15, 0.2) is 5.76 Å². The molecular weight excluding hydrogens is 330 g/mol. The molecule has 0 spiro atoms. The number of methoxy groups -OCH3 is 2. The van der Waals surface area contributed by atoms with Crippen LogP contribution in [0.3, 0.4) is 0 Å². The number of hydrogen-bond acceptors (Lipinski definition) is 4. The molecular formula is C21H21NO4. The maximum atomic E-state index is 12.3. The largest absolute Gasteiger partial charge is 0.497 e. The van der Waals surface area contributed by atoms with Gasteiger partial charge in [-0.05, 0) is 60.5 Å². The van der Waals surface area contributed by atoms with E-state index in [0.29, 0.717) is 12.3 Å². The number of aryl methyl sites for hydroxylation is 1. The molecule has 0 saturated heterocycles. The van der Waals surface area contributed by atoms with Crippen LogP contribution in [0.25, 0.3) is 11.3 Å². The van der Waals surface area contributed by atoms with Crippen LogP contribution in [0.5, 0.6) is 11.5 Å². The van der Waals surface area contributed by atoms with Gasteiger partial charge in [0, 0.05) is 12.1 Å². The highest BCUT2D eigenvalue weighted by atomic mass is 16.5. The minimum atomic E-state index is -0.259. The molecule has 5 nitrogen and oxygen atoms in total. The van der Waals surface area contributed by atoms with Gasteiger partial charge in [-0.3, -0.25) is 4.79 Å². The SMILES string of the molecule is COc1cccc(CNC(=O)c2ccc(-c3ccc(OC)cc3C)o2)c1. The van der Waals surface area contributed by atoms with Gasteiger partial charge in [0.2, 0.25) is 0 Å². The van der Waals surface area contributed by atoms with Crippen LogP contribution < -0.4 is 14.8 Å². The van der Waals surface area contributed by atoms with Gasteiger partial charge in [-0.15, -0.1) is 0 Å². The third kappa shape index (κ3) is 3.88. The summed E-state index contributed by atoms with van der Waals surface area (Å²) in [7, 11) is 3.25. The molecule has 0 radical (unpaired) electrons. The number of carbonyl (C=O) groups is 1. The molecule has 0 aliphatic heterocycles. The average Bonchev–Trinajstić information content (AvgIpc) is 3.16. The van der Waals surface area contributed by atoms with Gasteiger partial charge in [0.05, 0.1) is 14.2 Å². The average molecular weight is 351 g/mol.